The second-order valence-electron chi connectivity index (χ2n) is 6.36. The number of likely N-dealkylation sites (N-methyl/N-ethyl adjacent to an activating group) is 1. The summed E-state index contributed by atoms with van der Waals surface area (Å²) < 4.78 is 5.41. The van der Waals surface area contributed by atoms with Crippen LogP contribution >= 0.6 is 0 Å². The number of aliphatic hydroxyl groups is 1. The number of ether oxygens (including phenoxy) is 1. The van der Waals surface area contributed by atoms with Gasteiger partial charge in [-0.3, -0.25) is 0 Å². The van der Waals surface area contributed by atoms with Crippen molar-refractivity contribution in [3.8, 4) is 5.75 Å². The minimum absolute atomic E-state index is 0.318. The Labute approximate surface area is 127 Å². The zero-order valence-corrected chi connectivity index (χ0v) is 13.4. The minimum atomic E-state index is -0.732. The summed E-state index contributed by atoms with van der Waals surface area (Å²) in [5.74, 6) is 1.30. The summed E-state index contributed by atoms with van der Waals surface area (Å²) in [6.07, 6.45) is 3.09. The summed E-state index contributed by atoms with van der Waals surface area (Å²) in [6.45, 7) is 3.14. The first-order valence-corrected chi connectivity index (χ1v) is 7.74. The molecule has 2 atom stereocenters. The number of benzene rings is 1. The van der Waals surface area contributed by atoms with Crippen LogP contribution in [0, 0.1) is 5.92 Å². The van der Waals surface area contributed by atoms with Crippen LogP contribution in [0.1, 0.15) is 25.3 Å². The fourth-order valence-electron chi connectivity index (χ4n) is 2.91. The zero-order valence-electron chi connectivity index (χ0n) is 13.4. The highest BCUT2D eigenvalue weighted by Crippen LogP contribution is 2.39. The van der Waals surface area contributed by atoms with Crippen molar-refractivity contribution in [1.82, 2.24) is 4.90 Å². The van der Waals surface area contributed by atoms with E-state index in [-0.39, 0.29) is 0 Å². The predicted molar refractivity (Wildman–Crippen MR) is 85.5 cm³/mol. The number of hydrogen-bond donors (Lipinski definition) is 2. The number of nitrogens with zero attached hydrogens (tertiary/aromatic N) is 1. The maximum atomic E-state index is 10.7. The SMILES string of the molecule is COc1ccccc1CC(C)N(C)CC(O)(CN)C1CC1. The smallest absolute Gasteiger partial charge is 0.122 e. The minimum Gasteiger partial charge on any atom is -0.496 e. The lowest BCUT2D eigenvalue weighted by Gasteiger charge is -2.35. The van der Waals surface area contributed by atoms with Crippen molar-refractivity contribution < 1.29 is 9.84 Å². The van der Waals surface area contributed by atoms with E-state index in [2.05, 4.69) is 24.9 Å². The first kappa shape index (κ1) is 16.3. The summed E-state index contributed by atoms with van der Waals surface area (Å²) in [6, 6.07) is 8.42. The van der Waals surface area contributed by atoms with Gasteiger partial charge in [0, 0.05) is 19.1 Å². The van der Waals surface area contributed by atoms with Gasteiger partial charge in [-0.15, -0.1) is 0 Å². The molecule has 1 saturated carbocycles. The molecule has 0 spiro atoms. The van der Waals surface area contributed by atoms with E-state index in [0.29, 0.717) is 25.0 Å². The second-order valence-corrected chi connectivity index (χ2v) is 6.36. The van der Waals surface area contributed by atoms with Gasteiger partial charge < -0.3 is 20.5 Å². The Kier molecular flexibility index (Phi) is 5.25. The Bertz CT molecular complexity index is 462. The monoisotopic (exact) mass is 292 g/mol. The van der Waals surface area contributed by atoms with E-state index in [4.69, 9.17) is 10.5 Å². The Morgan fingerprint density at radius 1 is 1.43 bits per heavy atom. The topological polar surface area (TPSA) is 58.7 Å². The number of methoxy groups -OCH3 is 1. The Balaban J connectivity index is 1.97. The maximum Gasteiger partial charge on any atom is 0.122 e. The molecule has 0 amide bonds. The van der Waals surface area contributed by atoms with Crippen molar-refractivity contribution in [2.75, 3.05) is 27.2 Å². The molecule has 3 N–H and O–H groups in total. The van der Waals surface area contributed by atoms with Crippen molar-refractivity contribution in [2.45, 2.75) is 37.8 Å². The van der Waals surface area contributed by atoms with Crippen LogP contribution in [0.2, 0.25) is 0 Å². The molecule has 0 heterocycles. The summed E-state index contributed by atoms with van der Waals surface area (Å²) in [7, 11) is 3.76. The van der Waals surface area contributed by atoms with Gasteiger partial charge in [0.2, 0.25) is 0 Å². The molecular weight excluding hydrogens is 264 g/mol. The Morgan fingerprint density at radius 3 is 2.67 bits per heavy atom. The van der Waals surface area contributed by atoms with Crippen LogP contribution in [0.5, 0.6) is 5.75 Å². The zero-order chi connectivity index (χ0) is 15.5. The van der Waals surface area contributed by atoms with Gasteiger partial charge >= 0.3 is 0 Å². The molecule has 0 radical (unpaired) electrons. The highest BCUT2D eigenvalue weighted by molar-refractivity contribution is 5.33. The average Bonchev–Trinajstić information content (AvgIpc) is 3.32. The lowest BCUT2D eigenvalue weighted by molar-refractivity contribution is -0.0101. The first-order chi connectivity index (χ1) is 10.00. The van der Waals surface area contributed by atoms with Crippen molar-refractivity contribution >= 4 is 0 Å². The van der Waals surface area contributed by atoms with E-state index in [1.165, 1.54) is 5.56 Å². The third-order valence-corrected chi connectivity index (χ3v) is 4.67. The van der Waals surface area contributed by atoms with Gasteiger partial charge in [-0.1, -0.05) is 18.2 Å². The molecule has 0 aromatic heterocycles. The van der Waals surface area contributed by atoms with E-state index in [1.807, 2.05) is 18.2 Å². The molecule has 0 bridgehead atoms. The summed E-state index contributed by atoms with van der Waals surface area (Å²) in [5.41, 5.74) is 6.26. The molecule has 0 aliphatic heterocycles. The largest absolute Gasteiger partial charge is 0.496 e. The molecule has 2 unspecified atom stereocenters. The fourth-order valence-corrected chi connectivity index (χ4v) is 2.91. The fraction of sp³-hybridized carbons (Fsp3) is 0.647. The Hall–Kier alpha value is -1.10. The van der Waals surface area contributed by atoms with Gasteiger partial charge in [-0.05, 0) is 50.8 Å². The lowest BCUT2D eigenvalue weighted by Crippen LogP contribution is -2.51. The summed E-state index contributed by atoms with van der Waals surface area (Å²) >= 11 is 0. The van der Waals surface area contributed by atoms with Crippen LogP contribution < -0.4 is 10.5 Å². The highest BCUT2D eigenvalue weighted by atomic mass is 16.5. The van der Waals surface area contributed by atoms with Crippen molar-refractivity contribution in [1.29, 1.82) is 0 Å². The van der Waals surface area contributed by atoms with Crippen LogP contribution in [0.3, 0.4) is 0 Å². The molecular formula is C17H28N2O2. The normalized spacial score (nSPS) is 19.3. The Morgan fingerprint density at radius 2 is 2.10 bits per heavy atom. The number of para-hydroxylation sites is 1. The van der Waals surface area contributed by atoms with E-state index in [1.54, 1.807) is 7.11 Å². The molecule has 0 saturated heterocycles. The third kappa shape index (κ3) is 3.96. The molecule has 1 aromatic carbocycles. The highest BCUT2D eigenvalue weighted by Gasteiger charge is 2.43. The molecule has 1 aliphatic rings. The van der Waals surface area contributed by atoms with Gasteiger partial charge in [0.15, 0.2) is 0 Å². The lowest BCUT2D eigenvalue weighted by atomic mass is 9.96. The van der Waals surface area contributed by atoms with Gasteiger partial charge in [0.25, 0.3) is 0 Å². The standard InChI is InChI=1S/C17H28N2O2/c1-13(10-14-6-4-5-7-16(14)21-3)19(2)12-17(20,11-18)15-8-9-15/h4-7,13,15,20H,8-12,18H2,1-3H3. The van der Waals surface area contributed by atoms with E-state index >= 15 is 0 Å². The maximum absolute atomic E-state index is 10.7. The molecule has 118 valence electrons. The molecule has 1 aromatic rings. The van der Waals surface area contributed by atoms with E-state index < -0.39 is 5.60 Å². The van der Waals surface area contributed by atoms with Crippen LogP contribution in [-0.4, -0.2) is 48.9 Å². The van der Waals surface area contributed by atoms with E-state index in [9.17, 15) is 5.11 Å². The second kappa shape index (κ2) is 6.77. The predicted octanol–water partition coefficient (Wildman–Crippen LogP) is 1.66. The van der Waals surface area contributed by atoms with Crippen molar-refractivity contribution in [2.24, 2.45) is 11.7 Å². The van der Waals surface area contributed by atoms with Gasteiger partial charge in [0.1, 0.15) is 5.75 Å². The van der Waals surface area contributed by atoms with Gasteiger partial charge in [0.05, 0.1) is 12.7 Å². The van der Waals surface area contributed by atoms with Gasteiger partial charge in [-0.25, -0.2) is 0 Å². The van der Waals surface area contributed by atoms with Crippen molar-refractivity contribution in [3.05, 3.63) is 29.8 Å². The van der Waals surface area contributed by atoms with Crippen LogP contribution in [0.15, 0.2) is 24.3 Å². The van der Waals surface area contributed by atoms with Crippen LogP contribution in [0.25, 0.3) is 0 Å². The summed E-state index contributed by atoms with van der Waals surface area (Å²) in [5, 5.41) is 10.7. The third-order valence-electron chi connectivity index (χ3n) is 4.67. The molecule has 4 nitrogen and oxygen atoms in total. The molecule has 2 rings (SSSR count). The average molecular weight is 292 g/mol. The molecule has 1 fully saturated rings. The number of hydrogen-bond acceptors (Lipinski definition) is 4. The van der Waals surface area contributed by atoms with Crippen LogP contribution in [0.4, 0.5) is 0 Å². The van der Waals surface area contributed by atoms with Crippen LogP contribution in [-0.2, 0) is 6.42 Å². The van der Waals surface area contributed by atoms with E-state index in [0.717, 1.165) is 25.0 Å². The molecule has 4 heteroatoms. The molecule has 1 aliphatic carbocycles. The van der Waals surface area contributed by atoms with Crippen molar-refractivity contribution in [3.63, 3.8) is 0 Å². The molecule has 21 heavy (non-hydrogen) atoms. The quantitative estimate of drug-likeness (QED) is 0.765. The van der Waals surface area contributed by atoms with Gasteiger partial charge in [-0.2, -0.15) is 0 Å². The first-order valence-electron chi connectivity index (χ1n) is 7.74. The number of rotatable bonds is 8. The number of nitrogens with two attached hydrogens (primary N) is 1. The summed E-state index contributed by atoms with van der Waals surface area (Å²) in [4.78, 5) is 2.21.